The SMILES string of the molecule is Cc1ccc(CN2C(=O)CCC2CC(=O)NS(=O)(=O)C(F)F)cc1. The summed E-state index contributed by atoms with van der Waals surface area (Å²) >= 11 is 0. The molecular formula is C15H18F2N2O4S. The van der Waals surface area contributed by atoms with Crippen LogP contribution in [-0.2, 0) is 26.2 Å². The second-order valence-corrected chi connectivity index (χ2v) is 7.39. The number of hydrogen-bond acceptors (Lipinski definition) is 4. The van der Waals surface area contributed by atoms with Crippen LogP contribution in [0.5, 0.6) is 0 Å². The third-order valence-electron chi connectivity index (χ3n) is 3.84. The number of hydrogen-bond donors (Lipinski definition) is 1. The number of nitrogens with zero attached hydrogens (tertiary/aromatic N) is 1. The molecule has 0 aliphatic carbocycles. The predicted octanol–water partition coefficient (Wildman–Crippen LogP) is 1.54. The highest BCUT2D eigenvalue weighted by atomic mass is 32.2. The van der Waals surface area contributed by atoms with Crippen LogP contribution in [0.25, 0.3) is 0 Å². The minimum absolute atomic E-state index is 0.148. The van der Waals surface area contributed by atoms with Gasteiger partial charge in [0, 0.05) is 25.4 Å². The van der Waals surface area contributed by atoms with Crippen LogP contribution >= 0.6 is 0 Å². The first-order valence-electron chi connectivity index (χ1n) is 7.36. The molecule has 24 heavy (non-hydrogen) atoms. The molecule has 6 nitrogen and oxygen atoms in total. The van der Waals surface area contributed by atoms with Gasteiger partial charge in [0.1, 0.15) is 0 Å². The molecule has 0 saturated carbocycles. The van der Waals surface area contributed by atoms with Gasteiger partial charge in [0.15, 0.2) is 0 Å². The van der Waals surface area contributed by atoms with Gasteiger partial charge in [-0.2, -0.15) is 8.78 Å². The van der Waals surface area contributed by atoms with Crippen molar-refractivity contribution in [2.24, 2.45) is 0 Å². The molecule has 0 radical (unpaired) electrons. The van der Waals surface area contributed by atoms with Crippen molar-refractivity contribution in [1.82, 2.24) is 9.62 Å². The molecule has 1 aromatic rings. The Morgan fingerprint density at radius 1 is 1.33 bits per heavy atom. The summed E-state index contributed by atoms with van der Waals surface area (Å²) < 4.78 is 47.9. The molecule has 9 heteroatoms. The first kappa shape index (κ1) is 18.3. The third-order valence-corrected chi connectivity index (χ3v) is 4.82. The smallest absolute Gasteiger partial charge is 0.335 e. The van der Waals surface area contributed by atoms with Gasteiger partial charge >= 0.3 is 5.76 Å². The lowest BCUT2D eigenvalue weighted by Crippen LogP contribution is -2.40. The first-order chi connectivity index (χ1) is 11.2. The molecule has 1 saturated heterocycles. The van der Waals surface area contributed by atoms with E-state index in [9.17, 15) is 26.8 Å². The van der Waals surface area contributed by atoms with Crippen molar-refractivity contribution >= 4 is 21.8 Å². The molecule has 1 N–H and O–H groups in total. The van der Waals surface area contributed by atoms with Crippen molar-refractivity contribution in [3.05, 3.63) is 35.4 Å². The molecule has 1 heterocycles. The molecule has 0 aromatic heterocycles. The quantitative estimate of drug-likeness (QED) is 0.834. The number of sulfonamides is 1. The van der Waals surface area contributed by atoms with Crippen molar-refractivity contribution < 1.29 is 26.8 Å². The number of halogens is 2. The zero-order chi connectivity index (χ0) is 17.9. The van der Waals surface area contributed by atoms with E-state index in [4.69, 9.17) is 0 Å². The zero-order valence-electron chi connectivity index (χ0n) is 13.0. The van der Waals surface area contributed by atoms with Gasteiger partial charge in [-0.05, 0) is 18.9 Å². The standard InChI is InChI=1S/C15H18F2N2O4S/c1-10-2-4-11(5-3-10)9-19-12(6-7-14(19)21)8-13(20)18-24(22,23)15(16)17/h2-5,12,15H,6-9H2,1H3,(H,18,20). The molecule has 1 aliphatic rings. The van der Waals surface area contributed by atoms with E-state index in [1.165, 1.54) is 9.62 Å². The van der Waals surface area contributed by atoms with Crippen molar-refractivity contribution in [2.75, 3.05) is 0 Å². The van der Waals surface area contributed by atoms with Gasteiger partial charge in [0.05, 0.1) is 0 Å². The number of benzene rings is 1. The topological polar surface area (TPSA) is 83.6 Å². The van der Waals surface area contributed by atoms with Crippen LogP contribution in [0.1, 0.15) is 30.4 Å². The molecule has 1 aromatic carbocycles. The van der Waals surface area contributed by atoms with E-state index in [2.05, 4.69) is 0 Å². The van der Waals surface area contributed by atoms with Gasteiger partial charge in [-0.3, -0.25) is 9.59 Å². The number of aryl methyl sites for hydroxylation is 1. The monoisotopic (exact) mass is 360 g/mol. The fourth-order valence-electron chi connectivity index (χ4n) is 2.57. The van der Waals surface area contributed by atoms with E-state index in [1.54, 1.807) is 0 Å². The summed E-state index contributed by atoms with van der Waals surface area (Å²) in [6.45, 7) is 2.22. The first-order valence-corrected chi connectivity index (χ1v) is 8.91. The normalized spacial score (nSPS) is 18.2. The maximum absolute atomic E-state index is 12.3. The fourth-order valence-corrected chi connectivity index (χ4v) is 3.06. The molecule has 0 spiro atoms. The Labute approximate surface area is 138 Å². The second-order valence-electron chi connectivity index (χ2n) is 5.73. The lowest BCUT2D eigenvalue weighted by atomic mass is 10.1. The largest absolute Gasteiger partial charge is 0.355 e. The predicted molar refractivity (Wildman–Crippen MR) is 82.4 cm³/mol. The third kappa shape index (κ3) is 4.50. The number of likely N-dealkylation sites (tertiary alicyclic amines) is 1. The Kier molecular flexibility index (Phi) is 5.53. The highest BCUT2D eigenvalue weighted by Gasteiger charge is 2.34. The Morgan fingerprint density at radius 2 is 1.96 bits per heavy atom. The maximum atomic E-state index is 12.3. The van der Waals surface area contributed by atoms with Gasteiger partial charge in [-0.25, -0.2) is 13.1 Å². The van der Waals surface area contributed by atoms with Crippen LogP contribution in [-0.4, -0.2) is 36.9 Å². The van der Waals surface area contributed by atoms with E-state index < -0.39 is 27.7 Å². The zero-order valence-corrected chi connectivity index (χ0v) is 13.9. The van der Waals surface area contributed by atoms with Crippen LogP contribution in [0.3, 0.4) is 0 Å². The summed E-state index contributed by atoms with van der Waals surface area (Å²) in [5.74, 6) is -4.86. The molecule has 1 atom stereocenters. The van der Waals surface area contributed by atoms with E-state index >= 15 is 0 Å². The van der Waals surface area contributed by atoms with E-state index in [0.29, 0.717) is 13.0 Å². The van der Waals surface area contributed by atoms with Gasteiger partial charge in [0.2, 0.25) is 11.8 Å². The summed E-state index contributed by atoms with van der Waals surface area (Å²) in [7, 11) is -4.97. The summed E-state index contributed by atoms with van der Waals surface area (Å²) in [6.07, 6.45) is 0.293. The molecule has 132 valence electrons. The summed E-state index contributed by atoms with van der Waals surface area (Å²) in [6, 6.07) is 7.00. The van der Waals surface area contributed by atoms with E-state index in [-0.39, 0.29) is 18.7 Å². The minimum atomic E-state index is -4.97. The number of amides is 2. The van der Waals surface area contributed by atoms with Gasteiger partial charge in [-0.1, -0.05) is 29.8 Å². The minimum Gasteiger partial charge on any atom is -0.335 e. The second kappa shape index (κ2) is 7.25. The Morgan fingerprint density at radius 3 is 2.54 bits per heavy atom. The van der Waals surface area contributed by atoms with Gasteiger partial charge in [-0.15, -0.1) is 0 Å². The van der Waals surface area contributed by atoms with Crippen molar-refractivity contribution in [3.8, 4) is 0 Å². The van der Waals surface area contributed by atoms with Gasteiger partial charge < -0.3 is 4.90 Å². The molecule has 2 amide bonds. The van der Waals surface area contributed by atoms with Crippen LogP contribution in [0.15, 0.2) is 24.3 Å². The molecule has 0 bridgehead atoms. The maximum Gasteiger partial charge on any atom is 0.355 e. The summed E-state index contributed by atoms with van der Waals surface area (Å²) in [4.78, 5) is 25.2. The molecule has 1 aliphatic heterocycles. The fraction of sp³-hybridized carbons (Fsp3) is 0.467. The lowest BCUT2D eigenvalue weighted by Gasteiger charge is -2.24. The lowest BCUT2D eigenvalue weighted by molar-refractivity contribution is -0.130. The number of rotatable bonds is 6. The van der Waals surface area contributed by atoms with Crippen LogP contribution in [0.2, 0.25) is 0 Å². The van der Waals surface area contributed by atoms with Crippen molar-refractivity contribution in [3.63, 3.8) is 0 Å². The van der Waals surface area contributed by atoms with Crippen molar-refractivity contribution in [1.29, 1.82) is 0 Å². The highest BCUT2D eigenvalue weighted by Crippen LogP contribution is 2.24. The Bertz CT molecular complexity index is 719. The molecular weight excluding hydrogens is 342 g/mol. The van der Waals surface area contributed by atoms with Crippen LogP contribution < -0.4 is 4.72 Å². The molecule has 1 fully saturated rings. The Balaban J connectivity index is 2.02. The van der Waals surface area contributed by atoms with Crippen molar-refractivity contribution in [2.45, 2.75) is 44.5 Å². The molecule has 2 rings (SSSR count). The average molecular weight is 360 g/mol. The Hall–Kier alpha value is -2.03. The van der Waals surface area contributed by atoms with E-state index in [1.807, 2.05) is 31.2 Å². The summed E-state index contributed by atoms with van der Waals surface area (Å²) in [5.41, 5.74) is 1.95. The van der Waals surface area contributed by atoms with Gasteiger partial charge in [0.25, 0.3) is 10.0 Å². The highest BCUT2D eigenvalue weighted by molar-refractivity contribution is 7.90. The number of carbonyl (C=O) groups is 2. The average Bonchev–Trinajstić information content (AvgIpc) is 2.81. The number of carbonyl (C=O) groups excluding carboxylic acids is 2. The van der Waals surface area contributed by atoms with E-state index in [0.717, 1.165) is 11.1 Å². The number of nitrogens with one attached hydrogen (secondary N) is 1. The summed E-state index contributed by atoms with van der Waals surface area (Å²) in [5, 5.41) is 0. The number of alkyl halides is 2. The molecule has 1 unspecified atom stereocenters. The van der Waals surface area contributed by atoms with Crippen LogP contribution in [0, 0.1) is 6.92 Å². The van der Waals surface area contributed by atoms with Crippen LogP contribution in [0.4, 0.5) is 8.78 Å².